The number of allylic oxidation sites excluding steroid dienone is 6. The van der Waals surface area contributed by atoms with Crippen molar-refractivity contribution >= 4 is 11.6 Å². The highest BCUT2D eigenvalue weighted by atomic mass is 35.5. The van der Waals surface area contributed by atoms with Crippen LogP contribution in [0.15, 0.2) is 35.5 Å². The summed E-state index contributed by atoms with van der Waals surface area (Å²) in [6.07, 6.45) is 13.7. The molecule has 1 heteroatoms. The Balaban J connectivity index is 3.80. The van der Waals surface area contributed by atoms with Crippen LogP contribution in [-0.2, 0) is 0 Å². The van der Waals surface area contributed by atoms with E-state index in [0.29, 0.717) is 5.88 Å². The third-order valence-corrected chi connectivity index (χ3v) is 3.18. The highest BCUT2D eigenvalue weighted by Crippen LogP contribution is 2.13. The number of hydrogen-bond donors (Lipinski definition) is 0. The van der Waals surface area contributed by atoms with Crippen LogP contribution in [0.1, 0.15) is 53.4 Å². The summed E-state index contributed by atoms with van der Waals surface area (Å²) in [6.45, 7) is 8.84. The lowest BCUT2D eigenvalue weighted by Gasteiger charge is -2.06. The molecule has 0 aliphatic rings. The second-order valence-corrected chi connectivity index (χ2v) is 5.14. The van der Waals surface area contributed by atoms with E-state index in [1.807, 2.05) is 6.08 Å². The fourth-order valence-electron chi connectivity index (χ4n) is 1.55. The molecule has 1 unspecified atom stereocenters. The number of rotatable bonds is 8. The highest BCUT2D eigenvalue weighted by molar-refractivity contribution is 6.18. The normalized spacial score (nSPS) is 15.6. The average Bonchev–Trinajstić information content (AvgIpc) is 2.29. The van der Waals surface area contributed by atoms with Gasteiger partial charge in [-0.05, 0) is 45.4 Å². The molecule has 17 heavy (non-hydrogen) atoms. The summed E-state index contributed by atoms with van der Waals surface area (Å²) in [5, 5.41) is 0. The Morgan fingerprint density at radius 3 is 2.53 bits per heavy atom. The molecular formula is C16H27Cl. The van der Waals surface area contributed by atoms with Gasteiger partial charge in [0, 0.05) is 5.88 Å². The first kappa shape index (κ1) is 16.5. The highest BCUT2D eigenvalue weighted by Gasteiger charge is 1.98. The van der Waals surface area contributed by atoms with E-state index in [2.05, 4.69) is 45.9 Å². The molecule has 0 amide bonds. The fraction of sp³-hybridized carbons (Fsp3) is 0.625. The third kappa shape index (κ3) is 10.4. The first-order valence-electron chi connectivity index (χ1n) is 6.65. The third-order valence-electron chi connectivity index (χ3n) is 3.03. The van der Waals surface area contributed by atoms with Crippen LogP contribution in [0.4, 0.5) is 0 Å². The molecule has 0 radical (unpaired) electrons. The van der Waals surface area contributed by atoms with E-state index in [4.69, 9.17) is 11.6 Å². The second-order valence-electron chi connectivity index (χ2n) is 4.83. The van der Waals surface area contributed by atoms with Gasteiger partial charge in [0.1, 0.15) is 0 Å². The van der Waals surface area contributed by atoms with Crippen molar-refractivity contribution in [3.8, 4) is 0 Å². The molecule has 0 rings (SSSR count). The van der Waals surface area contributed by atoms with Gasteiger partial charge in [-0.2, -0.15) is 0 Å². The molecule has 0 aromatic carbocycles. The van der Waals surface area contributed by atoms with E-state index < -0.39 is 0 Å². The van der Waals surface area contributed by atoms with Gasteiger partial charge < -0.3 is 0 Å². The van der Waals surface area contributed by atoms with Gasteiger partial charge >= 0.3 is 0 Å². The maximum atomic E-state index is 5.63. The molecule has 0 aromatic rings. The molecule has 0 fully saturated rings. The molecule has 1 atom stereocenters. The Morgan fingerprint density at radius 1 is 1.24 bits per heavy atom. The van der Waals surface area contributed by atoms with Gasteiger partial charge in [0.05, 0.1) is 0 Å². The van der Waals surface area contributed by atoms with Crippen molar-refractivity contribution < 1.29 is 0 Å². The van der Waals surface area contributed by atoms with Crippen LogP contribution in [-0.4, -0.2) is 5.88 Å². The van der Waals surface area contributed by atoms with E-state index in [1.165, 1.54) is 30.4 Å². The van der Waals surface area contributed by atoms with Gasteiger partial charge in [-0.25, -0.2) is 0 Å². The zero-order valence-corrected chi connectivity index (χ0v) is 12.6. The van der Waals surface area contributed by atoms with Crippen molar-refractivity contribution in [1.82, 2.24) is 0 Å². The Hall–Kier alpha value is -0.490. The monoisotopic (exact) mass is 254 g/mol. The zero-order chi connectivity index (χ0) is 13.1. The summed E-state index contributed by atoms with van der Waals surface area (Å²) in [6, 6.07) is 0. The van der Waals surface area contributed by atoms with Crippen LogP contribution in [0.25, 0.3) is 0 Å². The summed E-state index contributed by atoms with van der Waals surface area (Å²) in [4.78, 5) is 0. The largest absolute Gasteiger partial charge is 0.122 e. The summed E-state index contributed by atoms with van der Waals surface area (Å²) >= 11 is 5.63. The van der Waals surface area contributed by atoms with Crippen LogP contribution in [0, 0.1) is 5.92 Å². The second kappa shape index (κ2) is 10.7. The van der Waals surface area contributed by atoms with Crippen molar-refractivity contribution in [3.63, 3.8) is 0 Å². The topological polar surface area (TPSA) is 0 Å². The lowest BCUT2D eigenvalue weighted by Crippen LogP contribution is -1.91. The maximum Gasteiger partial charge on any atom is 0.0409 e. The lowest BCUT2D eigenvalue weighted by atomic mass is 10.00. The van der Waals surface area contributed by atoms with Crippen LogP contribution in [0.2, 0.25) is 0 Å². The summed E-state index contributed by atoms with van der Waals surface area (Å²) < 4.78 is 0. The van der Waals surface area contributed by atoms with Gasteiger partial charge in [-0.1, -0.05) is 49.3 Å². The minimum Gasteiger partial charge on any atom is -0.122 e. The smallest absolute Gasteiger partial charge is 0.0409 e. The zero-order valence-electron chi connectivity index (χ0n) is 11.8. The van der Waals surface area contributed by atoms with Crippen LogP contribution in [0.3, 0.4) is 0 Å². The number of hydrogen-bond acceptors (Lipinski definition) is 0. The van der Waals surface area contributed by atoms with Crippen LogP contribution in [0.5, 0.6) is 0 Å². The van der Waals surface area contributed by atoms with E-state index >= 15 is 0 Å². The molecule has 98 valence electrons. The molecule has 0 aromatic heterocycles. The predicted octanol–water partition coefficient (Wildman–Crippen LogP) is 5.89. The predicted molar refractivity (Wildman–Crippen MR) is 80.7 cm³/mol. The molecule has 0 saturated carbocycles. The van der Waals surface area contributed by atoms with Gasteiger partial charge in [0.25, 0.3) is 0 Å². The molecule has 0 aliphatic heterocycles. The van der Waals surface area contributed by atoms with Gasteiger partial charge in [-0.3, -0.25) is 0 Å². The van der Waals surface area contributed by atoms with Crippen molar-refractivity contribution in [2.45, 2.75) is 53.4 Å². The van der Waals surface area contributed by atoms with Crippen LogP contribution < -0.4 is 0 Å². The first-order valence-corrected chi connectivity index (χ1v) is 7.18. The molecule has 0 saturated heterocycles. The van der Waals surface area contributed by atoms with Gasteiger partial charge in [0.2, 0.25) is 0 Å². The average molecular weight is 255 g/mol. The van der Waals surface area contributed by atoms with Gasteiger partial charge in [-0.15, -0.1) is 11.6 Å². The van der Waals surface area contributed by atoms with Crippen molar-refractivity contribution in [2.75, 3.05) is 5.88 Å². The van der Waals surface area contributed by atoms with E-state index in [0.717, 1.165) is 12.3 Å². The van der Waals surface area contributed by atoms with Crippen LogP contribution >= 0.6 is 11.6 Å². The molecule has 0 spiro atoms. The fourth-order valence-corrected chi connectivity index (χ4v) is 1.80. The Morgan fingerprint density at radius 2 is 1.94 bits per heavy atom. The summed E-state index contributed by atoms with van der Waals surface area (Å²) in [5.41, 5.74) is 2.77. The van der Waals surface area contributed by atoms with E-state index in [1.54, 1.807) is 0 Å². The molecule has 0 aliphatic carbocycles. The minimum atomic E-state index is 0.604. The lowest BCUT2D eigenvalue weighted by molar-refractivity contribution is 0.545. The minimum absolute atomic E-state index is 0.604. The number of alkyl halides is 1. The maximum absolute atomic E-state index is 5.63. The summed E-state index contributed by atoms with van der Waals surface area (Å²) in [7, 11) is 0. The molecule has 0 bridgehead atoms. The van der Waals surface area contributed by atoms with Crippen molar-refractivity contribution in [3.05, 3.63) is 35.5 Å². The molecular weight excluding hydrogens is 228 g/mol. The van der Waals surface area contributed by atoms with Crippen molar-refractivity contribution in [1.29, 1.82) is 0 Å². The SMILES string of the molecule is CCC(C)=CCCC(C)CC=CC(C)=CCCl. The Bertz CT molecular complexity index is 271. The Labute approximate surface area is 112 Å². The van der Waals surface area contributed by atoms with Gasteiger partial charge in [0.15, 0.2) is 0 Å². The molecule has 0 nitrogen and oxygen atoms in total. The molecule has 0 heterocycles. The van der Waals surface area contributed by atoms with Crippen molar-refractivity contribution in [2.24, 2.45) is 5.92 Å². The molecule has 0 N–H and O–H groups in total. The Kier molecular flexibility index (Phi) is 10.3. The summed E-state index contributed by atoms with van der Waals surface area (Å²) in [5.74, 6) is 1.36. The number of halogens is 1. The first-order chi connectivity index (χ1) is 8.10. The quantitative estimate of drug-likeness (QED) is 0.288. The van der Waals surface area contributed by atoms with E-state index in [-0.39, 0.29) is 0 Å². The van der Waals surface area contributed by atoms with E-state index in [9.17, 15) is 0 Å². The standard InChI is InChI=1S/C16H27Cl/c1-5-14(2)8-6-9-15(3)10-7-11-16(4)12-13-17/h7-8,11-12,15H,5-6,9-10,13H2,1-4H3.